The van der Waals surface area contributed by atoms with E-state index in [1.165, 1.54) is 0 Å². The molecule has 0 saturated carbocycles. The first-order chi connectivity index (χ1) is 12.2. The van der Waals surface area contributed by atoms with Crippen LogP contribution < -0.4 is 20.1 Å². The molecular formula is C18H27N5O2. The molecule has 1 heterocycles. The van der Waals surface area contributed by atoms with Gasteiger partial charge in [0.05, 0.1) is 13.7 Å². The Kier molecular flexibility index (Phi) is 7.13. The van der Waals surface area contributed by atoms with Crippen molar-refractivity contribution in [3.63, 3.8) is 0 Å². The number of nitrogens with one attached hydrogen (secondary N) is 2. The van der Waals surface area contributed by atoms with Crippen LogP contribution in [0.15, 0.2) is 41.7 Å². The van der Waals surface area contributed by atoms with Crippen molar-refractivity contribution < 1.29 is 9.47 Å². The van der Waals surface area contributed by atoms with E-state index in [0.29, 0.717) is 30.0 Å². The maximum absolute atomic E-state index is 5.61. The molecule has 1 aromatic carbocycles. The highest BCUT2D eigenvalue weighted by Crippen LogP contribution is 2.30. The molecule has 136 valence electrons. The van der Waals surface area contributed by atoms with Crippen molar-refractivity contribution in [2.75, 3.05) is 32.6 Å². The normalized spacial score (nSPS) is 12.6. The van der Waals surface area contributed by atoms with E-state index in [2.05, 4.69) is 27.6 Å². The summed E-state index contributed by atoms with van der Waals surface area (Å²) in [5.41, 5.74) is 0.886. The monoisotopic (exact) mass is 345 g/mol. The van der Waals surface area contributed by atoms with Crippen molar-refractivity contribution in [2.45, 2.75) is 20.4 Å². The molecule has 1 unspecified atom stereocenters. The van der Waals surface area contributed by atoms with Crippen LogP contribution in [0.5, 0.6) is 11.5 Å². The molecule has 2 aromatic rings. The fraction of sp³-hybridized carbons (Fsp3) is 0.444. The van der Waals surface area contributed by atoms with Gasteiger partial charge in [0, 0.05) is 44.3 Å². The van der Waals surface area contributed by atoms with Gasteiger partial charge in [0.1, 0.15) is 0 Å². The van der Waals surface area contributed by atoms with E-state index in [1.54, 1.807) is 20.4 Å². The van der Waals surface area contributed by atoms with E-state index in [1.807, 2.05) is 42.1 Å². The number of hydrogen-bond acceptors (Lipinski definition) is 4. The third kappa shape index (κ3) is 5.70. The zero-order chi connectivity index (χ0) is 18.1. The van der Waals surface area contributed by atoms with Gasteiger partial charge in [-0.1, -0.05) is 6.92 Å². The molecule has 0 fully saturated rings. The van der Waals surface area contributed by atoms with E-state index in [4.69, 9.17) is 9.47 Å². The number of nitrogens with zero attached hydrogens (tertiary/aromatic N) is 3. The minimum Gasteiger partial charge on any atom is -0.493 e. The van der Waals surface area contributed by atoms with E-state index in [0.717, 1.165) is 18.8 Å². The molecule has 2 rings (SSSR count). The number of benzene rings is 1. The van der Waals surface area contributed by atoms with Gasteiger partial charge >= 0.3 is 0 Å². The Bertz CT molecular complexity index is 670. The maximum atomic E-state index is 5.61. The highest BCUT2D eigenvalue weighted by Gasteiger charge is 2.08. The summed E-state index contributed by atoms with van der Waals surface area (Å²) < 4.78 is 12.8. The highest BCUT2D eigenvalue weighted by atomic mass is 16.5. The van der Waals surface area contributed by atoms with E-state index >= 15 is 0 Å². The molecule has 1 atom stereocenters. The Morgan fingerprint density at radius 1 is 1.36 bits per heavy atom. The molecule has 7 nitrogen and oxygen atoms in total. The lowest BCUT2D eigenvalue weighted by Gasteiger charge is -2.17. The molecule has 0 spiro atoms. The summed E-state index contributed by atoms with van der Waals surface area (Å²) in [4.78, 5) is 4.27. The van der Waals surface area contributed by atoms with Gasteiger partial charge in [0.2, 0.25) is 0 Å². The summed E-state index contributed by atoms with van der Waals surface area (Å²) >= 11 is 0. The minimum absolute atomic E-state index is 0.410. The Hall–Kier alpha value is -2.70. The summed E-state index contributed by atoms with van der Waals surface area (Å²) in [5, 5.41) is 10.8. The molecule has 25 heavy (non-hydrogen) atoms. The van der Waals surface area contributed by atoms with Crippen LogP contribution in [0.25, 0.3) is 0 Å². The van der Waals surface area contributed by atoms with Crippen molar-refractivity contribution in [1.29, 1.82) is 0 Å². The minimum atomic E-state index is 0.410. The van der Waals surface area contributed by atoms with Gasteiger partial charge in [-0.3, -0.25) is 9.67 Å². The van der Waals surface area contributed by atoms with E-state index in [-0.39, 0.29) is 0 Å². The second-order valence-electron chi connectivity index (χ2n) is 5.71. The number of ether oxygens (including phenoxy) is 2. The molecule has 0 saturated heterocycles. The summed E-state index contributed by atoms with van der Waals surface area (Å²) in [5.74, 6) is 2.54. The van der Waals surface area contributed by atoms with Gasteiger partial charge < -0.3 is 20.1 Å². The number of hydrogen-bond donors (Lipinski definition) is 2. The molecular weight excluding hydrogens is 318 g/mol. The Morgan fingerprint density at radius 2 is 2.20 bits per heavy atom. The molecule has 0 amide bonds. The molecule has 7 heteroatoms. The molecule has 0 aliphatic heterocycles. The van der Waals surface area contributed by atoms with Gasteiger partial charge in [-0.25, -0.2) is 0 Å². The second kappa shape index (κ2) is 9.56. The van der Waals surface area contributed by atoms with Gasteiger partial charge in [0.25, 0.3) is 0 Å². The van der Waals surface area contributed by atoms with Gasteiger partial charge in [-0.05, 0) is 31.0 Å². The number of aliphatic imine (C=N–C) groups is 1. The first-order valence-electron chi connectivity index (χ1n) is 8.42. The van der Waals surface area contributed by atoms with Crippen LogP contribution in [0.4, 0.5) is 5.69 Å². The van der Waals surface area contributed by atoms with Crippen molar-refractivity contribution in [3.8, 4) is 11.5 Å². The second-order valence-corrected chi connectivity index (χ2v) is 5.71. The van der Waals surface area contributed by atoms with Gasteiger partial charge in [0.15, 0.2) is 17.5 Å². The smallest absolute Gasteiger partial charge is 0.195 e. The fourth-order valence-electron chi connectivity index (χ4n) is 2.40. The van der Waals surface area contributed by atoms with Crippen LogP contribution in [0.3, 0.4) is 0 Å². The zero-order valence-corrected chi connectivity index (χ0v) is 15.3. The van der Waals surface area contributed by atoms with Crippen LogP contribution >= 0.6 is 0 Å². The SMILES string of the molecule is CCOc1cc(NC(=NC)NCC(C)Cn2cccn2)ccc1OC. The largest absolute Gasteiger partial charge is 0.493 e. The predicted octanol–water partition coefficient (Wildman–Crippen LogP) is 2.61. The van der Waals surface area contributed by atoms with Crippen LogP contribution in [-0.4, -0.2) is 43.0 Å². The molecule has 0 aliphatic carbocycles. The average Bonchev–Trinajstić information content (AvgIpc) is 3.12. The average molecular weight is 345 g/mol. The first kappa shape index (κ1) is 18.6. The number of methoxy groups -OCH3 is 1. The number of guanidine groups is 1. The topological polar surface area (TPSA) is 72.7 Å². The zero-order valence-electron chi connectivity index (χ0n) is 15.3. The Labute approximate surface area is 149 Å². The van der Waals surface area contributed by atoms with Crippen LogP contribution in [0.1, 0.15) is 13.8 Å². The van der Waals surface area contributed by atoms with Gasteiger partial charge in [-0.15, -0.1) is 0 Å². The van der Waals surface area contributed by atoms with Crippen LogP contribution in [0, 0.1) is 5.92 Å². The van der Waals surface area contributed by atoms with Crippen molar-refractivity contribution in [2.24, 2.45) is 10.9 Å². The highest BCUT2D eigenvalue weighted by molar-refractivity contribution is 5.93. The van der Waals surface area contributed by atoms with Crippen molar-refractivity contribution >= 4 is 11.6 Å². The lowest BCUT2D eigenvalue weighted by Crippen LogP contribution is -2.35. The molecule has 0 radical (unpaired) electrons. The lowest BCUT2D eigenvalue weighted by molar-refractivity contribution is 0.311. The van der Waals surface area contributed by atoms with Gasteiger partial charge in [-0.2, -0.15) is 5.10 Å². The maximum Gasteiger partial charge on any atom is 0.195 e. The van der Waals surface area contributed by atoms with E-state index < -0.39 is 0 Å². The van der Waals surface area contributed by atoms with Crippen molar-refractivity contribution in [3.05, 3.63) is 36.7 Å². The number of anilines is 1. The third-order valence-corrected chi connectivity index (χ3v) is 3.63. The summed E-state index contributed by atoms with van der Waals surface area (Å²) in [6.45, 7) is 6.34. The predicted molar refractivity (Wildman–Crippen MR) is 101 cm³/mol. The van der Waals surface area contributed by atoms with Crippen LogP contribution in [0.2, 0.25) is 0 Å². The summed E-state index contributed by atoms with van der Waals surface area (Å²) in [6, 6.07) is 7.64. The molecule has 1 aromatic heterocycles. The summed E-state index contributed by atoms with van der Waals surface area (Å²) in [6.07, 6.45) is 3.76. The fourth-order valence-corrected chi connectivity index (χ4v) is 2.40. The standard InChI is InChI=1S/C18H27N5O2/c1-5-25-17-11-15(7-8-16(17)24-4)22-18(19-3)20-12-14(2)13-23-10-6-9-21-23/h6-11,14H,5,12-13H2,1-4H3,(H2,19,20,22). The molecule has 0 aliphatic rings. The number of aromatic nitrogens is 2. The Balaban J connectivity index is 1.92. The van der Waals surface area contributed by atoms with E-state index in [9.17, 15) is 0 Å². The van der Waals surface area contributed by atoms with Crippen molar-refractivity contribution in [1.82, 2.24) is 15.1 Å². The Morgan fingerprint density at radius 3 is 2.84 bits per heavy atom. The first-order valence-corrected chi connectivity index (χ1v) is 8.42. The number of rotatable bonds is 8. The molecule has 0 bridgehead atoms. The lowest BCUT2D eigenvalue weighted by atomic mass is 10.2. The van der Waals surface area contributed by atoms with Crippen LogP contribution in [-0.2, 0) is 6.54 Å². The molecule has 2 N–H and O–H groups in total. The quantitative estimate of drug-likeness (QED) is 0.568. The summed E-state index contributed by atoms with van der Waals surface area (Å²) in [7, 11) is 3.38. The third-order valence-electron chi connectivity index (χ3n) is 3.63.